The Morgan fingerprint density at radius 2 is 1.65 bits per heavy atom. The summed E-state index contributed by atoms with van der Waals surface area (Å²) in [5, 5.41) is 9.91. The van der Waals surface area contributed by atoms with Crippen molar-refractivity contribution in [3.05, 3.63) is 65.1 Å². The summed E-state index contributed by atoms with van der Waals surface area (Å²) in [6.07, 6.45) is -3.01. The lowest BCUT2D eigenvalue weighted by Gasteiger charge is -2.17. The molecule has 0 aliphatic rings. The second kappa shape index (κ2) is 11.3. The number of urea groups is 2. The molecule has 0 aliphatic heterocycles. The number of rotatable bonds is 6. The van der Waals surface area contributed by atoms with Gasteiger partial charge in [-0.15, -0.1) is 0 Å². The first-order valence-electron chi connectivity index (χ1n) is 12.0. The van der Waals surface area contributed by atoms with Crippen LogP contribution in [0.5, 0.6) is 0 Å². The summed E-state index contributed by atoms with van der Waals surface area (Å²) < 4.78 is 41.3. The normalized spacial score (nSPS) is 11.3. The van der Waals surface area contributed by atoms with E-state index < -0.39 is 28.8 Å². The molecule has 40 heavy (non-hydrogen) atoms. The number of aromatic nitrogens is 3. The van der Waals surface area contributed by atoms with Crippen LogP contribution in [-0.2, 0) is 6.18 Å². The van der Waals surface area contributed by atoms with Crippen molar-refractivity contribution in [3.63, 3.8) is 0 Å². The molecule has 4 aromatic rings. The Kier molecular flexibility index (Phi) is 8.05. The molecule has 2 heterocycles. The minimum absolute atomic E-state index is 0.0618. The number of fused-ring (bicyclic) bond motifs is 1. The van der Waals surface area contributed by atoms with Gasteiger partial charge in [-0.1, -0.05) is 11.6 Å². The van der Waals surface area contributed by atoms with E-state index in [9.17, 15) is 22.8 Å². The number of halogens is 4. The molecule has 0 saturated carbocycles. The van der Waals surface area contributed by atoms with Crippen LogP contribution >= 0.6 is 11.6 Å². The van der Waals surface area contributed by atoms with Crippen molar-refractivity contribution in [2.24, 2.45) is 0 Å². The molecule has 4 N–H and O–H groups in total. The predicted octanol–water partition coefficient (Wildman–Crippen LogP) is 6.25. The Morgan fingerprint density at radius 1 is 1.00 bits per heavy atom. The first-order chi connectivity index (χ1) is 18.9. The molecule has 0 unspecified atom stereocenters. The number of amides is 4. The molecule has 0 aliphatic carbocycles. The van der Waals surface area contributed by atoms with Gasteiger partial charge in [0.05, 0.1) is 22.5 Å². The predicted molar refractivity (Wildman–Crippen MR) is 150 cm³/mol. The molecule has 10 nitrogen and oxygen atoms in total. The Hall–Kier alpha value is -4.52. The van der Waals surface area contributed by atoms with Gasteiger partial charge in [0, 0.05) is 37.7 Å². The van der Waals surface area contributed by atoms with Gasteiger partial charge >= 0.3 is 18.2 Å². The van der Waals surface area contributed by atoms with E-state index in [-0.39, 0.29) is 5.69 Å². The Bertz CT molecular complexity index is 1570. The average Bonchev–Trinajstić information content (AvgIpc) is 3.22. The van der Waals surface area contributed by atoms with E-state index in [1.165, 1.54) is 6.07 Å². The number of hydrogen-bond donors (Lipinski definition) is 4. The third kappa shape index (κ3) is 6.04. The van der Waals surface area contributed by atoms with Crippen LogP contribution in [0.2, 0.25) is 5.02 Å². The van der Waals surface area contributed by atoms with Gasteiger partial charge in [0.2, 0.25) is 0 Å². The smallest absolute Gasteiger partial charge is 0.375 e. The highest BCUT2D eigenvalue weighted by Gasteiger charge is 2.33. The van der Waals surface area contributed by atoms with Gasteiger partial charge in [-0.2, -0.15) is 13.2 Å². The molecule has 0 spiro atoms. The van der Waals surface area contributed by atoms with Gasteiger partial charge in [0.25, 0.3) is 0 Å². The zero-order chi connectivity index (χ0) is 29.2. The largest absolute Gasteiger partial charge is 0.417 e. The fraction of sp³-hybridized carbons (Fsp3) is 0.231. The monoisotopic (exact) mass is 574 g/mol. The number of hydrogen-bond acceptors (Lipinski definition) is 5. The van der Waals surface area contributed by atoms with E-state index in [0.29, 0.717) is 34.9 Å². The molecule has 0 saturated heterocycles. The lowest BCUT2D eigenvalue weighted by atomic mass is 10.2. The number of carbonyl (C=O) groups excluding carboxylic acids is 2. The minimum atomic E-state index is -4.65. The second-order valence-corrected chi connectivity index (χ2v) is 9.29. The summed E-state index contributed by atoms with van der Waals surface area (Å²) in [6.45, 7) is 4.07. The molecule has 4 amide bonds. The van der Waals surface area contributed by atoms with E-state index >= 15 is 0 Å². The summed E-state index contributed by atoms with van der Waals surface area (Å²) in [6, 6.07) is 8.79. The number of nitrogens with one attached hydrogen (secondary N) is 4. The third-order valence-electron chi connectivity index (χ3n) is 5.79. The van der Waals surface area contributed by atoms with E-state index in [1.807, 2.05) is 30.5 Å². The third-order valence-corrected chi connectivity index (χ3v) is 6.12. The summed E-state index contributed by atoms with van der Waals surface area (Å²) in [4.78, 5) is 35.5. The van der Waals surface area contributed by atoms with Crippen molar-refractivity contribution in [1.82, 2.24) is 19.9 Å². The molecule has 0 radical (unpaired) electrons. The van der Waals surface area contributed by atoms with Gasteiger partial charge in [-0.05, 0) is 56.3 Å². The van der Waals surface area contributed by atoms with E-state index in [0.717, 1.165) is 23.5 Å². The highest BCUT2D eigenvalue weighted by Crippen LogP contribution is 2.36. The molecule has 0 bridgehead atoms. The van der Waals surface area contributed by atoms with Gasteiger partial charge in [0.15, 0.2) is 5.82 Å². The maximum absolute atomic E-state index is 13.1. The molecule has 4 rings (SSSR count). The SMILES string of the molecule is CCNC(=O)Nc1ncc(N(C)C)c2c1nc(C)n2-c1ccc(NC(=O)Nc2ccc(Cl)c(C(F)(F)F)c2)cc1. The molecular formula is C26H26ClF3N8O2. The van der Waals surface area contributed by atoms with Crippen molar-refractivity contribution in [2.45, 2.75) is 20.0 Å². The molecule has 0 atom stereocenters. The number of carbonyl (C=O) groups is 2. The summed E-state index contributed by atoms with van der Waals surface area (Å²) in [5.41, 5.74) is 1.99. The van der Waals surface area contributed by atoms with Crippen LogP contribution in [0.15, 0.2) is 48.7 Å². The molecule has 14 heteroatoms. The lowest BCUT2D eigenvalue weighted by Crippen LogP contribution is -2.28. The topological polar surface area (TPSA) is 116 Å². The number of pyridine rings is 1. The van der Waals surface area contributed by atoms with Gasteiger partial charge in [0.1, 0.15) is 16.9 Å². The van der Waals surface area contributed by atoms with Crippen LogP contribution in [0, 0.1) is 6.92 Å². The standard InChI is InChI=1S/C26H26ClF3N8O2/c1-5-31-24(39)36-23-21-22(20(13-32-23)37(3)4)38(14(2)33-21)17-9-6-15(7-10-17)34-25(40)35-16-8-11-19(27)18(12-16)26(28,29)30/h6-13H,5H2,1-4H3,(H2,34,35,40)(H2,31,32,36,39). The number of benzene rings is 2. The number of imidazole rings is 1. The molecular weight excluding hydrogens is 549 g/mol. The highest BCUT2D eigenvalue weighted by atomic mass is 35.5. The highest BCUT2D eigenvalue weighted by molar-refractivity contribution is 6.31. The lowest BCUT2D eigenvalue weighted by molar-refractivity contribution is -0.137. The quantitative estimate of drug-likeness (QED) is 0.217. The first kappa shape index (κ1) is 28.5. The van der Waals surface area contributed by atoms with Crippen LogP contribution < -0.4 is 26.2 Å². The van der Waals surface area contributed by atoms with Gasteiger partial charge in [-0.3, -0.25) is 9.88 Å². The first-order valence-corrected chi connectivity index (χ1v) is 12.4. The van der Waals surface area contributed by atoms with Gasteiger partial charge < -0.3 is 20.9 Å². The van der Waals surface area contributed by atoms with Crippen molar-refractivity contribution in [1.29, 1.82) is 0 Å². The fourth-order valence-electron chi connectivity index (χ4n) is 4.04. The average molecular weight is 575 g/mol. The second-order valence-electron chi connectivity index (χ2n) is 8.88. The summed E-state index contributed by atoms with van der Waals surface area (Å²) in [5.74, 6) is 0.936. The van der Waals surface area contributed by atoms with Crippen molar-refractivity contribution in [3.8, 4) is 5.69 Å². The van der Waals surface area contributed by atoms with Crippen molar-refractivity contribution >= 4 is 57.6 Å². The Morgan fingerprint density at radius 3 is 2.27 bits per heavy atom. The van der Waals surface area contributed by atoms with Crippen molar-refractivity contribution in [2.75, 3.05) is 41.5 Å². The van der Waals surface area contributed by atoms with E-state index in [1.54, 1.807) is 37.4 Å². The molecule has 2 aromatic carbocycles. The van der Waals surface area contributed by atoms with Crippen LogP contribution in [0.4, 0.5) is 45.6 Å². The number of aryl methyl sites for hydroxylation is 1. The van der Waals surface area contributed by atoms with Crippen molar-refractivity contribution < 1.29 is 22.8 Å². The summed E-state index contributed by atoms with van der Waals surface area (Å²) in [7, 11) is 3.73. The zero-order valence-electron chi connectivity index (χ0n) is 21.9. The minimum Gasteiger partial charge on any atom is -0.375 e. The summed E-state index contributed by atoms with van der Waals surface area (Å²) >= 11 is 5.64. The zero-order valence-corrected chi connectivity index (χ0v) is 22.7. The van der Waals surface area contributed by atoms with Crippen LogP contribution in [0.25, 0.3) is 16.7 Å². The maximum Gasteiger partial charge on any atom is 0.417 e. The Balaban J connectivity index is 1.60. The fourth-order valence-corrected chi connectivity index (χ4v) is 4.26. The number of nitrogens with zero attached hydrogens (tertiary/aromatic N) is 4. The van der Waals surface area contributed by atoms with Gasteiger partial charge in [-0.25, -0.2) is 19.6 Å². The molecule has 2 aromatic heterocycles. The van der Waals surface area contributed by atoms with Crippen LogP contribution in [0.3, 0.4) is 0 Å². The van der Waals surface area contributed by atoms with Crippen LogP contribution in [-0.4, -0.2) is 47.2 Å². The number of alkyl halides is 3. The van der Waals surface area contributed by atoms with Crippen LogP contribution in [0.1, 0.15) is 18.3 Å². The van der Waals surface area contributed by atoms with E-state index in [4.69, 9.17) is 11.6 Å². The molecule has 0 fully saturated rings. The Labute approximate surface area is 232 Å². The van der Waals surface area contributed by atoms with E-state index in [2.05, 4.69) is 31.2 Å². The number of anilines is 4. The molecule has 210 valence electrons. The maximum atomic E-state index is 13.1.